The van der Waals surface area contributed by atoms with Gasteiger partial charge in [0.05, 0.1) is 0 Å². The number of likely N-dealkylation sites (tertiary alicyclic amines) is 4. The molecule has 25 heavy (non-hydrogen) atoms. The van der Waals surface area contributed by atoms with Crippen molar-refractivity contribution in [1.29, 1.82) is 0 Å². The number of hydrogen-bond acceptors (Lipinski definition) is 4. The number of piperidine rings is 3. The summed E-state index contributed by atoms with van der Waals surface area (Å²) in [4.78, 5) is 10.9. The van der Waals surface area contributed by atoms with Crippen LogP contribution in [0.5, 0.6) is 0 Å². The van der Waals surface area contributed by atoms with Crippen LogP contribution in [0.3, 0.4) is 0 Å². The lowest BCUT2D eigenvalue weighted by Crippen LogP contribution is -2.48. The minimum Gasteiger partial charge on any atom is -0.306 e. The third kappa shape index (κ3) is 4.77. The molecule has 4 aliphatic heterocycles. The van der Waals surface area contributed by atoms with Gasteiger partial charge in [-0.25, -0.2) is 0 Å². The van der Waals surface area contributed by atoms with E-state index in [2.05, 4.69) is 26.6 Å². The molecule has 4 aliphatic rings. The molecule has 4 heterocycles. The highest BCUT2D eigenvalue weighted by Gasteiger charge is 2.32. The smallest absolute Gasteiger partial charge is 0.0120 e. The van der Waals surface area contributed by atoms with Gasteiger partial charge in [-0.1, -0.05) is 6.42 Å². The molecule has 4 fully saturated rings. The van der Waals surface area contributed by atoms with Crippen molar-refractivity contribution < 1.29 is 0 Å². The van der Waals surface area contributed by atoms with Gasteiger partial charge in [-0.2, -0.15) is 0 Å². The summed E-state index contributed by atoms with van der Waals surface area (Å²) in [5, 5.41) is 0. The maximum Gasteiger partial charge on any atom is 0.0120 e. The molecule has 0 amide bonds. The van der Waals surface area contributed by atoms with E-state index in [1.807, 2.05) is 0 Å². The molecule has 0 bridgehead atoms. The van der Waals surface area contributed by atoms with Gasteiger partial charge in [0.25, 0.3) is 0 Å². The second-order valence-corrected chi connectivity index (χ2v) is 9.31. The largest absolute Gasteiger partial charge is 0.306 e. The fourth-order valence-corrected chi connectivity index (χ4v) is 5.82. The zero-order chi connectivity index (χ0) is 17.1. The van der Waals surface area contributed by atoms with Gasteiger partial charge >= 0.3 is 0 Å². The first-order valence-electron chi connectivity index (χ1n) is 11.2. The molecule has 0 N–H and O–H groups in total. The van der Waals surface area contributed by atoms with E-state index >= 15 is 0 Å². The summed E-state index contributed by atoms with van der Waals surface area (Å²) >= 11 is 0. The molecule has 4 heteroatoms. The van der Waals surface area contributed by atoms with Gasteiger partial charge in [0.1, 0.15) is 0 Å². The Morgan fingerprint density at radius 3 is 2.00 bits per heavy atom. The Morgan fingerprint density at radius 2 is 1.28 bits per heavy atom. The average molecular weight is 349 g/mol. The SMILES string of the molecule is CN1CCC(N2CCC(CN3CCC(N4CCCCC4)CC3)C2)CC1. The molecule has 4 nitrogen and oxygen atoms in total. The van der Waals surface area contributed by atoms with Crippen LogP contribution < -0.4 is 0 Å². The maximum absolute atomic E-state index is 2.83. The van der Waals surface area contributed by atoms with Gasteiger partial charge in [-0.05, 0) is 104 Å². The lowest BCUT2D eigenvalue weighted by atomic mass is 9.98. The molecule has 0 aromatic carbocycles. The third-order valence-electron chi connectivity index (χ3n) is 7.50. The average Bonchev–Trinajstić information content (AvgIpc) is 3.12. The molecule has 0 aromatic rings. The third-order valence-corrected chi connectivity index (χ3v) is 7.50. The topological polar surface area (TPSA) is 13.0 Å². The summed E-state index contributed by atoms with van der Waals surface area (Å²) < 4.78 is 0. The highest BCUT2D eigenvalue weighted by atomic mass is 15.2. The summed E-state index contributed by atoms with van der Waals surface area (Å²) in [6.07, 6.45) is 11.4. The van der Waals surface area contributed by atoms with E-state index in [4.69, 9.17) is 0 Å². The van der Waals surface area contributed by atoms with Crippen molar-refractivity contribution in [3.8, 4) is 0 Å². The summed E-state index contributed by atoms with van der Waals surface area (Å²) in [6, 6.07) is 1.78. The fraction of sp³-hybridized carbons (Fsp3) is 1.00. The van der Waals surface area contributed by atoms with Crippen LogP contribution in [0.15, 0.2) is 0 Å². The zero-order valence-electron chi connectivity index (χ0n) is 16.5. The van der Waals surface area contributed by atoms with Gasteiger partial charge in [0.15, 0.2) is 0 Å². The van der Waals surface area contributed by atoms with Crippen molar-refractivity contribution in [2.24, 2.45) is 5.92 Å². The minimum atomic E-state index is 0.881. The van der Waals surface area contributed by atoms with E-state index in [0.717, 1.165) is 18.0 Å². The molecule has 1 unspecified atom stereocenters. The summed E-state index contributed by atoms with van der Waals surface area (Å²) in [5.41, 5.74) is 0. The predicted molar refractivity (Wildman–Crippen MR) is 105 cm³/mol. The molecule has 0 aliphatic carbocycles. The van der Waals surface area contributed by atoms with Crippen LogP contribution in [0.1, 0.15) is 51.4 Å². The van der Waals surface area contributed by atoms with Gasteiger partial charge < -0.3 is 14.7 Å². The normalized spacial score (nSPS) is 33.2. The van der Waals surface area contributed by atoms with Crippen molar-refractivity contribution in [3.05, 3.63) is 0 Å². The van der Waals surface area contributed by atoms with Crippen molar-refractivity contribution in [3.63, 3.8) is 0 Å². The van der Waals surface area contributed by atoms with Gasteiger partial charge in [-0.15, -0.1) is 0 Å². The Kier molecular flexibility index (Phi) is 6.33. The molecule has 1 atom stereocenters. The summed E-state index contributed by atoms with van der Waals surface area (Å²) in [7, 11) is 2.27. The molecule has 0 spiro atoms. The molecule has 4 saturated heterocycles. The predicted octanol–water partition coefficient (Wildman–Crippen LogP) is 2.35. The Labute approximate surface area is 155 Å². The molecule has 4 rings (SSSR count). The van der Waals surface area contributed by atoms with Crippen molar-refractivity contribution in [1.82, 2.24) is 19.6 Å². The van der Waals surface area contributed by atoms with E-state index < -0.39 is 0 Å². The minimum absolute atomic E-state index is 0.881. The summed E-state index contributed by atoms with van der Waals surface area (Å²) in [6.45, 7) is 12.2. The van der Waals surface area contributed by atoms with Crippen LogP contribution in [0.4, 0.5) is 0 Å². The zero-order valence-corrected chi connectivity index (χ0v) is 16.5. The van der Waals surface area contributed by atoms with E-state index in [9.17, 15) is 0 Å². The highest BCUT2D eigenvalue weighted by Crippen LogP contribution is 2.26. The highest BCUT2D eigenvalue weighted by molar-refractivity contribution is 4.88. The van der Waals surface area contributed by atoms with E-state index in [1.54, 1.807) is 0 Å². The van der Waals surface area contributed by atoms with Crippen LogP contribution in [0, 0.1) is 5.92 Å². The summed E-state index contributed by atoms with van der Waals surface area (Å²) in [5.74, 6) is 0.936. The standard InChI is InChI=1S/C21H40N4/c1-22-12-6-21(7-13-22)25-16-5-19(18-25)17-23-14-8-20(9-15-23)24-10-3-2-4-11-24/h19-21H,2-18H2,1H3. The van der Waals surface area contributed by atoms with Gasteiger partial charge in [0, 0.05) is 25.2 Å². The molecule has 0 saturated carbocycles. The van der Waals surface area contributed by atoms with E-state index in [0.29, 0.717) is 0 Å². The van der Waals surface area contributed by atoms with Crippen molar-refractivity contribution >= 4 is 0 Å². The van der Waals surface area contributed by atoms with Crippen LogP contribution in [0.2, 0.25) is 0 Å². The van der Waals surface area contributed by atoms with Crippen molar-refractivity contribution in [2.45, 2.75) is 63.5 Å². The van der Waals surface area contributed by atoms with Gasteiger partial charge in [0.2, 0.25) is 0 Å². The molecule has 144 valence electrons. The van der Waals surface area contributed by atoms with Crippen molar-refractivity contribution in [2.75, 3.05) is 66.0 Å². The lowest BCUT2D eigenvalue weighted by Gasteiger charge is -2.41. The first kappa shape index (κ1) is 18.2. The molecule has 0 aromatic heterocycles. The number of hydrogen-bond donors (Lipinski definition) is 0. The Hall–Kier alpha value is -0.160. The molecular formula is C21H40N4. The first-order valence-corrected chi connectivity index (χ1v) is 11.2. The Bertz CT molecular complexity index is 393. The van der Waals surface area contributed by atoms with E-state index in [-0.39, 0.29) is 0 Å². The maximum atomic E-state index is 2.83. The second-order valence-electron chi connectivity index (χ2n) is 9.31. The Balaban J connectivity index is 1.17. The van der Waals surface area contributed by atoms with Crippen LogP contribution in [-0.4, -0.2) is 97.6 Å². The quantitative estimate of drug-likeness (QED) is 0.773. The fourth-order valence-electron chi connectivity index (χ4n) is 5.82. The lowest BCUT2D eigenvalue weighted by molar-refractivity contribution is 0.0838. The molecular weight excluding hydrogens is 308 g/mol. The number of nitrogens with zero attached hydrogens (tertiary/aromatic N) is 4. The van der Waals surface area contributed by atoms with Gasteiger partial charge in [-0.3, -0.25) is 4.90 Å². The monoisotopic (exact) mass is 348 g/mol. The van der Waals surface area contributed by atoms with Crippen LogP contribution in [0.25, 0.3) is 0 Å². The van der Waals surface area contributed by atoms with E-state index in [1.165, 1.54) is 110 Å². The van der Waals surface area contributed by atoms with Crippen LogP contribution >= 0.6 is 0 Å². The molecule has 0 radical (unpaired) electrons. The number of rotatable bonds is 4. The second kappa shape index (κ2) is 8.69. The first-order chi connectivity index (χ1) is 12.3. The van der Waals surface area contributed by atoms with Crippen LogP contribution in [-0.2, 0) is 0 Å². The Morgan fingerprint density at radius 1 is 0.640 bits per heavy atom.